The summed E-state index contributed by atoms with van der Waals surface area (Å²) in [6.45, 7) is 0.432. The zero-order chi connectivity index (χ0) is 28.5. The SMILES string of the molecule is COCCCCCCCCCCCCCCCCCP(=O)([O-])OC[C@H]1O[C@@H](n2ccc(N)nc2=O)[C@H](O)C1O.O.[Na+]. The molecule has 14 heteroatoms. The van der Waals surface area contributed by atoms with Crippen LogP contribution < -0.4 is 45.9 Å². The predicted octanol–water partition coefficient (Wildman–Crippen LogP) is -0.308. The topological polar surface area (TPSA) is 201 Å². The molecule has 1 fully saturated rings. The molecule has 12 nitrogen and oxygen atoms in total. The summed E-state index contributed by atoms with van der Waals surface area (Å²) in [6.07, 6.45) is 13.5. The van der Waals surface area contributed by atoms with E-state index in [1.807, 2.05) is 0 Å². The first-order chi connectivity index (χ1) is 18.7. The summed E-state index contributed by atoms with van der Waals surface area (Å²) >= 11 is 0. The van der Waals surface area contributed by atoms with Crippen LogP contribution in [0, 0.1) is 0 Å². The Bertz CT molecular complexity index is 911. The van der Waals surface area contributed by atoms with E-state index in [0.717, 1.165) is 30.4 Å². The van der Waals surface area contributed by atoms with E-state index in [1.54, 1.807) is 7.11 Å². The van der Waals surface area contributed by atoms with Crippen LogP contribution in [0.5, 0.6) is 0 Å². The van der Waals surface area contributed by atoms with Crippen LogP contribution in [0.3, 0.4) is 0 Å². The molecule has 2 unspecified atom stereocenters. The van der Waals surface area contributed by atoms with Gasteiger partial charge in [-0.05, 0) is 18.9 Å². The molecule has 0 aromatic carbocycles. The Kier molecular flexibility index (Phi) is 22.9. The first kappa shape index (κ1) is 40.6. The summed E-state index contributed by atoms with van der Waals surface area (Å²) in [5.74, 6) is 0.0121. The predicted molar refractivity (Wildman–Crippen MR) is 152 cm³/mol. The van der Waals surface area contributed by atoms with E-state index in [2.05, 4.69) is 4.98 Å². The van der Waals surface area contributed by atoms with Crippen molar-refractivity contribution in [1.82, 2.24) is 9.55 Å². The average molecular weight is 616 g/mol. The first-order valence-corrected chi connectivity index (χ1v) is 16.3. The van der Waals surface area contributed by atoms with Crippen molar-refractivity contribution in [2.75, 3.05) is 32.2 Å². The van der Waals surface area contributed by atoms with Crippen LogP contribution in [-0.4, -0.2) is 70.0 Å². The Morgan fingerprint density at radius 1 is 0.951 bits per heavy atom. The number of aliphatic hydroxyl groups is 2. The molecule has 6 N–H and O–H groups in total. The number of aliphatic hydroxyl groups excluding tert-OH is 2. The van der Waals surface area contributed by atoms with Crippen LogP contribution >= 0.6 is 7.60 Å². The van der Waals surface area contributed by atoms with E-state index in [0.29, 0.717) is 6.42 Å². The molecule has 0 amide bonds. The van der Waals surface area contributed by atoms with Crippen LogP contribution in [0.2, 0.25) is 0 Å². The van der Waals surface area contributed by atoms with Crippen molar-refractivity contribution in [3.63, 3.8) is 0 Å². The van der Waals surface area contributed by atoms with Gasteiger partial charge in [-0.25, -0.2) is 4.79 Å². The van der Waals surface area contributed by atoms with Crippen molar-refractivity contribution in [2.45, 2.75) is 121 Å². The molecule has 0 saturated carbocycles. The second kappa shape index (κ2) is 23.1. The molecule has 41 heavy (non-hydrogen) atoms. The van der Waals surface area contributed by atoms with E-state index in [1.165, 1.54) is 82.9 Å². The van der Waals surface area contributed by atoms with Gasteiger partial charge in [-0.1, -0.05) is 83.5 Å². The number of rotatable bonds is 22. The maximum absolute atomic E-state index is 12.3. The molecule has 0 aliphatic carbocycles. The third kappa shape index (κ3) is 16.3. The Morgan fingerprint density at radius 2 is 1.44 bits per heavy atom. The van der Waals surface area contributed by atoms with Gasteiger partial charge in [0.05, 0.1) is 6.61 Å². The number of aromatic nitrogens is 2. The van der Waals surface area contributed by atoms with E-state index in [4.69, 9.17) is 19.7 Å². The Balaban J connectivity index is 0.00000800. The van der Waals surface area contributed by atoms with Crippen LogP contribution in [0.4, 0.5) is 5.82 Å². The van der Waals surface area contributed by atoms with E-state index < -0.39 is 44.4 Å². The van der Waals surface area contributed by atoms with Gasteiger partial charge in [-0.3, -0.25) is 4.57 Å². The minimum absolute atomic E-state index is 0. The minimum Gasteiger partial charge on any atom is -0.778 e. The summed E-state index contributed by atoms with van der Waals surface area (Å²) in [5, 5.41) is 20.5. The Hall–Kier alpha value is -0.370. The van der Waals surface area contributed by atoms with Gasteiger partial charge >= 0.3 is 35.2 Å². The van der Waals surface area contributed by atoms with Crippen molar-refractivity contribution in [2.24, 2.45) is 0 Å². The van der Waals surface area contributed by atoms with Gasteiger partial charge in [-0.15, -0.1) is 0 Å². The van der Waals surface area contributed by atoms with Gasteiger partial charge in [0.15, 0.2) is 6.23 Å². The largest absolute Gasteiger partial charge is 1.00 e. The number of ether oxygens (including phenoxy) is 2. The zero-order valence-corrected chi connectivity index (χ0v) is 27.8. The van der Waals surface area contributed by atoms with Crippen LogP contribution in [0.1, 0.15) is 103 Å². The zero-order valence-electron chi connectivity index (χ0n) is 25.0. The smallest absolute Gasteiger partial charge is 0.778 e. The third-order valence-corrected chi connectivity index (χ3v) is 8.59. The first-order valence-electron chi connectivity index (χ1n) is 14.5. The van der Waals surface area contributed by atoms with Crippen LogP contribution in [0.15, 0.2) is 17.1 Å². The molecule has 2 heterocycles. The van der Waals surface area contributed by atoms with Gasteiger partial charge in [0.1, 0.15) is 31.7 Å². The molecule has 0 radical (unpaired) electrons. The normalized spacial score (nSPS) is 21.7. The van der Waals surface area contributed by atoms with Crippen LogP contribution in [0.25, 0.3) is 0 Å². The number of unbranched alkanes of at least 4 members (excludes halogenated alkanes) is 14. The molecule has 1 aromatic rings. The molecule has 0 spiro atoms. The molecular formula is C27H51N3NaO9P. The van der Waals surface area contributed by atoms with Crippen molar-refractivity contribution >= 4 is 13.4 Å². The van der Waals surface area contributed by atoms with E-state index in [9.17, 15) is 24.5 Å². The second-order valence-corrected chi connectivity index (χ2v) is 12.4. The van der Waals surface area contributed by atoms with Crippen LogP contribution in [-0.2, 0) is 18.6 Å². The van der Waals surface area contributed by atoms with E-state index in [-0.39, 0.29) is 47.0 Å². The fourth-order valence-corrected chi connectivity index (χ4v) is 5.93. The summed E-state index contributed by atoms with van der Waals surface area (Å²) in [7, 11) is -2.36. The Labute approximate surface area is 266 Å². The molecule has 1 saturated heterocycles. The molecule has 1 aliphatic heterocycles. The van der Waals surface area contributed by atoms with Gasteiger partial charge in [0, 0.05) is 26.1 Å². The fraction of sp³-hybridized carbons (Fsp3) is 0.852. The van der Waals surface area contributed by atoms with Crippen molar-refractivity contribution in [3.05, 3.63) is 22.7 Å². The molecule has 5 atom stereocenters. The monoisotopic (exact) mass is 615 g/mol. The molecule has 1 aliphatic rings. The summed E-state index contributed by atoms with van der Waals surface area (Å²) in [4.78, 5) is 27.9. The summed E-state index contributed by atoms with van der Waals surface area (Å²) in [6, 6.07) is 1.36. The molecule has 2 rings (SSSR count). The molecule has 234 valence electrons. The van der Waals surface area contributed by atoms with Gasteiger partial charge in [-0.2, -0.15) is 4.98 Å². The van der Waals surface area contributed by atoms with Crippen molar-refractivity contribution in [1.29, 1.82) is 0 Å². The Morgan fingerprint density at radius 3 is 1.93 bits per heavy atom. The number of nitrogen functional groups attached to an aromatic ring is 1. The number of anilines is 1. The number of nitrogens with zero attached hydrogens (tertiary/aromatic N) is 2. The van der Waals surface area contributed by atoms with E-state index >= 15 is 0 Å². The van der Waals surface area contributed by atoms with Gasteiger partial charge < -0.3 is 44.9 Å². The standard InChI is InChI=1S/C27H50N3O8P.Na.H2O/c1-36-19-15-13-11-9-7-5-3-2-4-6-8-10-12-14-16-20-39(34,35)37-21-22-24(31)25(32)26(38-22)30-18-17-23(28)29-27(30)33;;/h17-18,22,24-26,31-32H,2-16,19-21H2,1H3,(H,34,35)(H2,28,29,33);;1H2/q;+1;/p-1/t22-,24?,25-,26-;;/m1../s1. The fourth-order valence-electron chi connectivity index (χ4n) is 4.82. The summed E-state index contributed by atoms with van der Waals surface area (Å²) in [5.41, 5.74) is 4.71. The molecule has 0 bridgehead atoms. The maximum atomic E-state index is 12.3. The number of nitrogens with two attached hydrogens (primary N) is 1. The molecule has 1 aromatic heterocycles. The average Bonchev–Trinajstić information content (AvgIpc) is 3.18. The van der Waals surface area contributed by atoms with Crippen molar-refractivity contribution in [3.8, 4) is 0 Å². The summed E-state index contributed by atoms with van der Waals surface area (Å²) < 4.78 is 29.0. The maximum Gasteiger partial charge on any atom is 1.00 e. The second-order valence-electron chi connectivity index (χ2n) is 10.5. The number of hydrogen-bond donors (Lipinski definition) is 3. The third-order valence-electron chi connectivity index (χ3n) is 7.18. The quantitative estimate of drug-likeness (QED) is 0.0883. The minimum atomic E-state index is -4.11. The number of methoxy groups -OCH3 is 1. The van der Waals surface area contributed by atoms with Gasteiger partial charge in [0.25, 0.3) is 0 Å². The number of hydrogen-bond acceptors (Lipinski definition) is 10. The molecular weight excluding hydrogens is 564 g/mol. The van der Waals surface area contributed by atoms with Gasteiger partial charge in [0.2, 0.25) is 0 Å². The van der Waals surface area contributed by atoms with Crippen molar-refractivity contribution < 1.29 is 68.7 Å².